The fourth-order valence-electron chi connectivity index (χ4n) is 1.76. The van der Waals surface area contributed by atoms with Gasteiger partial charge in [-0.3, -0.25) is 4.79 Å². The van der Waals surface area contributed by atoms with Gasteiger partial charge in [0.25, 0.3) is 5.91 Å². The number of ether oxygens (including phenoxy) is 1. The maximum absolute atomic E-state index is 11.8. The molecule has 5 nitrogen and oxygen atoms in total. The summed E-state index contributed by atoms with van der Waals surface area (Å²) in [5.41, 5.74) is 0.466. The predicted molar refractivity (Wildman–Crippen MR) is 61.1 cm³/mol. The van der Waals surface area contributed by atoms with Crippen LogP contribution in [0.3, 0.4) is 0 Å². The molecular weight excluding hydrogens is 218 g/mol. The largest absolute Gasteiger partial charge is 0.368 e. The van der Waals surface area contributed by atoms with Gasteiger partial charge in [-0.15, -0.1) is 0 Å². The Morgan fingerprint density at radius 2 is 2.47 bits per heavy atom. The van der Waals surface area contributed by atoms with Crippen LogP contribution in [0.2, 0.25) is 0 Å². The van der Waals surface area contributed by atoms with Crippen LogP contribution in [-0.2, 0) is 9.53 Å². The Kier molecular flexibility index (Phi) is 3.35. The summed E-state index contributed by atoms with van der Waals surface area (Å²) in [6.07, 6.45) is 1.93. The van der Waals surface area contributed by atoms with Crippen molar-refractivity contribution in [2.75, 3.05) is 11.9 Å². The lowest BCUT2D eigenvalue weighted by Gasteiger charge is -2.13. The molecule has 5 heteroatoms. The number of nitrogens with one attached hydrogen (secondary N) is 1. The van der Waals surface area contributed by atoms with Crippen LogP contribution >= 0.6 is 0 Å². The zero-order valence-corrected chi connectivity index (χ0v) is 9.51. The first-order chi connectivity index (χ1) is 8.20. The third kappa shape index (κ3) is 2.60. The molecule has 1 N–H and O–H groups in total. The molecule has 0 bridgehead atoms. The highest BCUT2D eigenvalue weighted by Crippen LogP contribution is 2.21. The molecule has 2 heterocycles. The van der Waals surface area contributed by atoms with Crippen LogP contribution in [0.1, 0.15) is 18.9 Å². The van der Waals surface area contributed by atoms with Gasteiger partial charge in [0.2, 0.25) is 0 Å². The van der Waals surface area contributed by atoms with Gasteiger partial charge in [0.05, 0.1) is 5.56 Å². The standard InChI is InChI=1S/C12H13N3O2/c1-8-4-5-17-11(8)12(16)15-10-3-2-9(6-13)7-14-10/h2-3,7-8,11H,4-5H2,1H3,(H,14,15,16). The number of amides is 1. The van der Waals surface area contributed by atoms with Gasteiger partial charge in [-0.2, -0.15) is 5.26 Å². The molecule has 1 aromatic rings. The summed E-state index contributed by atoms with van der Waals surface area (Å²) in [5, 5.41) is 11.3. The van der Waals surface area contributed by atoms with Crippen LogP contribution in [0.4, 0.5) is 5.82 Å². The van der Waals surface area contributed by atoms with E-state index in [1.807, 2.05) is 13.0 Å². The number of carbonyl (C=O) groups excluding carboxylic acids is 1. The lowest BCUT2D eigenvalue weighted by atomic mass is 10.0. The van der Waals surface area contributed by atoms with Crippen molar-refractivity contribution in [3.63, 3.8) is 0 Å². The van der Waals surface area contributed by atoms with Crippen LogP contribution in [0.25, 0.3) is 0 Å². The molecule has 0 saturated carbocycles. The van der Waals surface area contributed by atoms with Gasteiger partial charge in [-0.1, -0.05) is 6.92 Å². The fourth-order valence-corrected chi connectivity index (χ4v) is 1.76. The van der Waals surface area contributed by atoms with Crippen LogP contribution in [0, 0.1) is 17.2 Å². The second kappa shape index (κ2) is 4.93. The first kappa shape index (κ1) is 11.6. The Morgan fingerprint density at radius 3 is 3.00 bits per heavy atom. The van der Waals surface area contributed by atoms with Crippen molar-refractivity contribution in [3.8, 4) is 6.07 Å². The summed E-state index contributed by atoms with van der Waals surface area (Å²) in [4.78, 5) is 15.8. The molecule has 88 valence electrons. The van der Waals surface area contributed by atoms with Crippen molar-refractivity contribution >= 4 is 11.7 Å². The summed E-state index contributed by atoms with van der Waals surface area (Å²) in [5.74, 6) is 0.497. The van der Waals surface area contributed by atoms with Crippen molar-refractivity contribution < 1.29 is 9.53 Å². The number of anilines is 1. The zero-order chi connectivity index (χ0) is 12.3. The molecule has 1 aromatic heterocycles. The SMILES string of the molecule is CC1CCOC1C(=O)Nc1ccc(C#N)cn1. The van der Waals surface area contributed by atoms with Gasteiger partial charge >= 0.3 is 0 Å². The number of nitrogens with zero attached hydrogens (tertiary/aromatic N) is 2. The van der Waals surface area contributed by atoms with Crippen molar-refractivity contribution in [2.24, 2.45) is 5.92 Å². The predicted octanol–water partition coefficient (Wildman–Crippen LogP) is 1.32. The summed E-state index contributed by atoms with van der Waals surface area (Å²) >= 11 is 0. The van der Waals surface area contributed by atoms with Crippen LogP contribution in [-0.4, -0.2) is 23.6 Å². The molecule has 17 heavy (non-hydrogen) atoms. The topological polar surface area (TPSA) is 75.0 Å². The average molecular weight is 231 g/mol. The van der Waals surface area contributed by atoms with E-state index in [0.29, 0.717) is 18.0 Å². The second-order valence-electron chi connectivity index (χ2n) is 4.09. The van der Waals surface area contributed by atoms with Crippen molar-refractivity contribution in [2.45, 2.75) is 19.4 Å². The van der Waals surface area contributed by atoms with Crippen molar-refractivity contribution in [3.05, 3.63) is 23.9 Å². The molecule has 0 radical (unpaired) electrons. The van der Waals surface area contributed by atoms with E-state index in [9.17, 15) is 4.79 Å². The third-order valence-corrected chi connectivity index (χ3v) is 2.79. The maximum atomic E-state index is 11.8. The van der Waals surface area contributed by atoms with E-state index in [1.54, 1.807) is 12.1 Å². The molecule has 2 unspecified atom stereocenters. The molecule has 1 aliphatic heterocycles. The Morgan fingerprint density at radius 1 is 1.65 bits per heavy atom. The smallest absolute Gasteiger partial charge is 0.254 e. The normalized spacial score (nSPS) is 23.1. The fraction of sp³-hybridized carbons (Fsp3) is 0.417. The van der Waals surface area contributed by atoms with E-state index in [-0.39, 0.29) is 11.8 Å². The second-order valence-corrected chi connectivity index (χ2v) is 4.09. The molecule has 0 spiro atoms. The first-order valence-electron chi connectivity index (χ1n) is 5.49. The quantitative estimate of drug-likeness (QED) is 0.832. The van der Waals surface area contributed by atoms with Gasteiger partial charge in [0.1, 0.15) is 18.0 Å². The van der Waals surface area contributed by atoms with Gasteiger partial charge in [-0.25, -0.2) is 4.98 Å². The number of pyridine rings is 1. The monoisotopic (exact) mass is 231 g/mol. The first-order valence-corrected chi connectivity index (χ1v) is 5.49. The van der Waals surface area contributed by atoms with E-state index >= 15 is 0 Å². The van der Waals surface area contributed by atoms with E-state index in [2.05, 4.69) is 10.3 Å². The van der Waals surface area contributed by atoms with Gasteiger partial charge in [0.15, 0.2) is 0 Å². The molecule has 0 aromatic carbocycles. The average Bonchev–Trinajstić information content (AvgIpc) is 2.76. The minimum absolute atomic E-state index is 0.174. The number of carbonyl (C=O) groups is 1. The Bertz CT molecular complexity index is 450. The number of nitriles is 1. The van der Waals surface area contributed by atoms with E-state index in [1.165, 1.54) is 6.20 Å². The van der Waals surface area contributed by atoms with Crippen molar-refractivity contribution in [1.29, 1.82) is 5.26 Å². The molecule has 1 amide bonds. The van der Waals surface area contributed by atoms with Crippen LogP contribution in [0.15, 0.2) is 18.3 Å². The van der Waals surface area contributed by atoms with Crippen LogP contribution < -0.4 is 5.32 Å². The molecule has 2 atom stereocenters. The molecular formula is C12H13N3O2. The molecule has 0 aliphatic carbocycles. The summed E-state index contributed by atoms with van der Waals surface area (Å²) in [6, 6.07) is 5.19. The van der Waals surface area contributed by atoms with Gasteiger partial charge in [-0.05, 0) is 24.5 Å². The van der Waals surface area contributed by atoms with Crippen molar-refractivity contribution in [1.82, 2.24) is 4.98 Å². The third-order valence-electron chi connectivity index (χ3n) is 2.79. The Balaban J connectivity index is 2.00. The summed E-state index contributed by atoms with van der Waals surface area (Å²) in [6.45, 7) is 2.61. The lowest BCUT2D eigenvalue weighted by molar-refractivity contribution is -0.126. The summed E-state index contributed by atoms with van der Waals surface area (Å²) in [7, 11) is 0. The number of rotatable bonds is 2. The molecule has 1 aliphatic rings. The maximum Gasteiger partial charge on any atom is 0.254 e. The number of hydrogen-bond acceptors (Lipinski definition) is 4. The zero-order valence-electron chi connectivity index (χ0n) is 9.51. The Hall–Kier alpha value is -1.93. The van der Waals surface area contributed by atoms with E-state index < -0.39 is 6.10 Å². The highest BCUT2D eigenvalue weighted by molar-refractivity contribution is 5.93. The minimum atomic E-state index is -0.396. The van der Waals surface area contributed by atoms with Gasteiger partial charge in [0, 0.05) is 12.8 Å². The lowest BCUT2D eigenvalue weighted by Crippen LogP contribution is -2.31. The highest BCUT2D eigenvalue weighted by atomic mass is 16.5. The number of aromatic nitrogens is 1. The number of hydrogen-bond donors (Lipinski definition) is 1. The van der Waals surface area contributed by atoms with Gasteiger partial charge < -0.3 is 10.1 Å². The highest BCUT2D eigenvalue weighted by Gasteiger charge is 2.30. The Labute approximate surface area is 99.4 Å². The van der Waals surface area contributed by atoms with Crippen LogP contribution in [0.5, 0.6) is 0 Å². The summed E-state index contributed by atoms with van der Waals surface area (Å²) < 4.78 is 5.35. The molecule has 1 saturated heterocycles. The molecule has 2 rings (SSSR count). The minimum Gasteiger partial charge on any atom is -0.368 e. The van der Waals surface area contributed by atoms with E-state index in [0.717, 1.165) is 6.42 Å². The van der Waals surface area contributed by atoms with E-state index in [4.69, 9.17) is 10.00 Å². The molecule has 1 fully saturated rings.